The molecule has 1 rings (SSSR count). The molecule has 0 saturated heterocycles. The molecule has 0 fully saturated rings. The molecule has 0 unspecified atom stereocenters. The van der Waals surface area contributed by atoms with Crippen molar-refractivity contribution in [3.8, 4) is 0 Å². The predicted molar refractivity (Wildman–Crippen MR) is 81.0 cm³/mol. The van der Waals surface area contributed by atoms with Gasteiger partial charge >= 0.3 is 0 Å². The first kappa shape index (κ1) is 16.4. The number of carbonyl (C=O) groups excluding carboxylic acids is 1. The number of rotatable bonds is 9. The number of nitrogens with zero attached hydrogens (tertiary/aromatic N) is 1. The van der Waals surface area contributed by atoms with E-state index in [1.165, 1.54) is 0 Å². The topological polar surface area (TPSA) is 63.2 Å². The molecule has 112 valence electrons. The van der Waals surface area contributed by atoms with E-state index in [1.807, 2.05) is 6.07 Å². The van der Waals surface area contributed by atoms with Gasteiger partial charge in [0.15, 0.2) is 0 Å². The molecule has 0 aliphatic rings. The quantitative estimate of drug-likeness (QED) is 0.681. The van der Waals surface area contributed by atoms with Crippen molar-refractivity contribution >= 4 is 11.6 Å². The van der Waals surface area contributed by atoms with Crippen molar-refractivity contribution in [2.24, 2.45) is 5.92 Å². The third-order valence-electron chi connectivity index (χ3n) is 2.85. The normalized spacial score (nSPS) is 10.6. The van der Waals surface area contributed by atoms with E-state index >= 15 is 0 Å². The Kier molecular flexibility index (Phi) is 7.65. The Bertz CT molecular complexity index is 408. The summed E-state index contributed by atoms with van der Waals surface area (Å²) >= 11 is 0. The number of methoxy groups -OCH3 is 1. The van der Waals surface area contributed by atoms with Crippen molar-refractivity contribution in [3.63, 3.8) is 0 Å². The van der Waals surface area contributed by atoms with Crippen LogP contribution < -0.4 is 10.6 Å². The van der Waals surface area contributed by atoms with Crippen LogP contribution in [0.2, 0.25) is 0 Å². The predicted octanol–water partition coefficient (Wildman–Crippen LogP) is 2.31. The number of hydrogen-bond donors (Lipinski definition) is 2. The standard InChI is InChI=1S/C15H25N3O2/c1-12(2)5-8-18-15(19)14-11-13(6-9-17-14)16-7-4-10-20-3/h6,9,11-12H,4-5,7-8,10H2,1-3H3,(H,16,17)(H,18,19). The number of aromatic nitrogens is 1. The highest BCUT2D eigenvalue weighted by atomic mass is 16.5. The minimum atomic E-state index is -0.119. The molecular formula is C15H25N3O2. The highest BCUT2D eigenvalue weighted by molar-refractivity contribution is 5.93. The zero-order chi connectivity index (χ0) is 14.8. The second-order valence-corrected chi connectivity index (χ2v) is 5.14. The fraction of sp³-hybridized carbons (Fsp3) is 0.600. The first-order valence-corrected chi connectivity index (χ1v) is 7.10. The van der Waals surface area contributed by atoms with Crippen LogP contribution in [-0.4, -0.2) is 37.7 Å². The maximum atomic E-state index is 11.9. The van der Waals surface area contributed by atoms with Gasteiger partial charge in [-0.15, -0.1) is 0 Å². The van der Waals surface area contributed by atoms with Crippen molar-refractivity contribution in [1.29, 1.82) is 0 Å². The van der Waals surface area contributed by atoms with Crippen molar-refractivity contribution in [3.05, 3.63) is 24.0 Å². The van der Waals surface area contributed by atoms with Crippen LogP contribution in [0.5, 0.6) is 0 Å². The first-order chi connectivity index (χ1) is 9.63. The van der Waals surface area contributed by atoms with Gasteiger partial charge in [0, 0.05) is 38.7 Å². The molecule has 20 heavy (non-hydrogen) atoms. The molecule has 1 amide bonds. The molecule has 0 saturated carbocycles. The first-order valence-electron chi connectivity index (χ1n) is 7.10. The van der Waals surface area contributed by atoms with Gasteiger partial charge in [-0.1, -0.05) is 13.8 Å². The second kappa shape index (κ2) is 9.31. The number of nitrogens with one attached hydrogen (secondary N) is 2. The van der Waals surface area contributed by atoms with Gasteiger partial charge in [0.2, 0.25) is 0 Å². The van der Waals surface area contributed by atoms with E-state index in [0.717, 1.165) is 31.7 Å². The molecule has 1 heterocycles. The lowest BCUT2D eigenvalue weighted by atomic mass is 10.1. The molecule has 0 aliphatic carbocycles. The van der Waals surface area contributed by atoms with Crippen LogP contribution in [0.15, 0.2) is 18.3 Å². The number of hydrogen-bond acceptors (Lipinski definition) is 4. The Morgan fingerprint density at radius 3 is 2.90 bits per heavy atom. The van der Waals surface area contributed by atoms with Gasteiger partial charge in [0.1, 0.15) is 5.69 Å². The minimum Gasteiger partial charge on any atom is -0.385 e. The smallest absolute Gasteiger partial charge is 0.269 e. The van der Waals surface area contributed by atoms with Crippen LogP contribution in [0, 0.1) is 5.92 Å². The van der Waals surface area contributed by atoms with Crippen molar-refractivity contribution in [2.45, 2.75) is 26.7 Å². The maximum absolute atomic E-state index is 11.9. The molecule has 0 aliphatic heterocycles. The monoisotopic (exact) mass is 279 g/mol. The van der Waals surface area contributed by atoms with Gasteiger partial charge in [-0.2, -0.15) is 0 Å². The van der Waals surface area contributed by atoms with E-state index in [2.05, 4.69) is 29.5 Å². The summed E-state index contributed by atoms with van der Waals surface area (Å²) in [5, 5.41) is 6.13. The molecular weight excluding hydrogens is 254 g/mol. The second-order valence-electron chi connectivity index (χ2n) is 5.14. The number of anilines is 1. The number of amides is 1. The summed E-state index contributed by atoms with van der Waals surface area (Å²) in [6, 6.07) is 3.63. The van der Waals surface area contributed by atoms with Crippen LogP contribution >= 0.6 is 0 Å². The zero-order valence-electron chi connectivity index (χ0n) is 12.6. The van der Waals surface area contributed by atoms with Crippen molar-refractivity contribution < 1.29 is 9.53 Å². The highest BCUT2D eigenvalue weighted by Gasteiger charge is 2.07. The van der Waals surface area contributed by atoms with E-state index in [9.17, 15) is 4.79 Å². The Morgan fingerprint density at radius 1 is 1.40 bits per heavy atom. The molecule has 1 aromatic heterocycles. The van der Waals surface area contributed by atoms with Gasteiger partial charge in [-0.25, -0.2) is 0 Å². The fourth-order valence-electron chi connectivity index (χ4n) is 1.68. The van der Waals surface area contributed by atoms with E-state index in [0.29, 0.717) is 18.2 Å². The number of carbonyl (C=O) groups is 1. The summed E-state index contributed by atoms with van der Waals surface area (Å²) in [5.41, 5.74) is 1.36. The molecule has 2 N–H and O–H groups in total. The summed E-state index contributed by atoms with van der Waals surface area (Å²) in [6.07, 6.45) is 3.55. The minimum absolute atomic E-state index is 0.119. The van der Waals surface area contributed by atoms with E-state index in [4.69, 9.17) is 4.74 Å². The SMILES string of the molecule is COCCCNc1ccnc(C(=O)NCCC(C)C)c1. The molecule has 5 nitrogen and oxygen atoms in total. The third-order valence-corrected chi connectivity index (χ3v) is 2.85. The molecule has 5 heteroatoms. The molecule has 0 bridgehead atoms. The summed E-state index contributed by atoms with van der Waals surface area (Å²) in [7, 11) is 1.69. The van der Waals surface area contributed by atoms with Crippen LogP contribution in [-0.2, 0) is 4.74 Å². The largest absolute Gasteiger partial charge is 0.385 e. The van der Waals surface area contributed by atoms with Gasteiger partial charge in [0.05, 0.1) is 0 Å². The third kappa shape index (κ3) is 6.52. The molecule has 1 aromatic rings. The van der Waals surface area contributed by atoms with Gasteiger partial charge in [-0.3, -0.25) is 9.78 Å². The van der Waals surface area contributed by atoms with E-state index in [1.54, 1.807) is 19.4 Å². The molecule has 0 atom stereocenters. The summed E-state index contributed by atoms with van der Waals surface area (Å²) in [4.78, 5) is 16.0. The van der Waals surface area contributed by atoms with Crippen LogP contribution in [0.3, 0.4) is 0 Å². The van der Waals surface area contributed by atoms with E-state index < -0.39 is 0 Å². The Morgan fingerprint density at radius 2 is 2.20 bits per heavy atom. The molecule has 0 aromatic carbocycles. The van der Waals surface area contributed by atoms with Crippen molar-refractivity contribution in [2.75, 3.05) is 32.1 Å². The summed E-state index contributed by atoms with van der Waals surface area (Å²) in [6.45, 7) is 6.49. The van der Waals surface area contributed by atoms with E-state index in [-0.39, 0.29) is 5.91 Å². The number of pyridine rings is 1. The van der Waals surface area contributed by atoms with Crippen molar-refractivity contribution in [1.82, 2.24) is 10.3 Å². The number of ether oxygens (including phenoxy) is 1. The lowest BCUT2D eigenvalue weighted by Crippen LogP contribution is -2.26. The summed E-state index contributed by atoms with van der Waals surface area (Å²) < 4.78 is 4.99. The van der Waals surface area contributed by atoms with Gasteiger partial charge in [-0.05, 0) is 30.9 Å². The van der Waals surface area contributed by atoms with Crippen LogP contribution in [0.1, 0.15) is 37.2 Å². The lowest BCUT2D eigenvalue weighted by molar-refractivity contribution is 0.0947. The Balaban J connectivity index is 2.43. The fourth-order valence-corrected chi connectivity index (χ4v) is 1.68. The molecule has 0 radical (unpaired) electrons. The Hall–Kier alpha value is -1.62. The average molecular weight is 279 g/mol. The lowest BCUT2D eigenvalue weighted by Gasteiger charge is -2.09. The van der Waals surface area contributed by atoms with Gasteiger partial charge in [0.25, 0.3) is 5.91 Å². The van der Waals surface area contributed by atoms with Crippen LogP contribution in [0.25, 0.3) is 0 Å². The highest BCUT2D eigenvalue weighted by Crippen LogP contribution is 2.08. The van der Waals surface area contributed by atoms with Gasteiger partial charge < -0.3 is 15.4 Å². The maximum Gasteiger partial charge on any atom is 0.269 e. The Labute approximate surface area is 121 Å². The molecule has 0 spiro atoms. The summed E-state index contributed by atoms with van der Waals surface area (Å²) in [5.74, 6) is 0.461. The average Bonchev–Trinajstić information content (AvgIpc) is 2.43. The zero-order valence-corrected chi connectivity index (χ0v) is 12.6. The van der Waals surface area contributed by atoms with Crippen LogP contribution in [0.4, 0.5) is 5.69 Å².